The molecule has 4 heterocycles. The first kappa shape index (κ1) is 27.0. The third-order valence-electron chi connectivity index (χ3n) is 6.78. The SMILES string of the molecule is COc1cccc(OC(=O)OC(C)OC(=O)C2=C(c3cn4cnc(SC)c4s3)[C@H](C)[C@@H]3[C@@H]([C@@H](C)O)C(=O)N23)c1. The van der Waals surface area contributed by atoms with Crippen LogP contribution in [0.1, 0.15) is 25.6 Å². The summed E-state index contributed by atoms with van der Waals surface area (Å²) in [5.41, 5.74) is 0.711. The van der Waals surface area contributed by atoms with E-state index in [-0.39, 0.29) is 23.3 Å². The highest BCUT2D eigenvalue weighted by Gasteiger charge is 2.60. The number of β-lactam (4-membered cyclic amide) rings is 1. The normalized spacial score (nSPS) is 21.8. The van der Waals surface area contributed by atoms with Crippen molar-refractivity contribution in [1.82, 2.24) is 14.3 Å². The molecule has 1 N–H and O–H groups in total. The second-order valence-electron chi connectivity index (χ2n) is 9.20. The van der Waals surface area contributed by atoms with Crippen molar-refractivity contribution < 1.29 is 38.4 Å². The molecule has 5 atom stereocenters. The fraction of sp³-hybridized carbons (Fsp3) is 0.385. The summed E-state index contributed by atoms with van der Waals surface area (Å²) in [4.78, 5) is 46.3. The number of nitrogens with zero attached hydrogens (tertiary/aromatic N) is 3. The summed E-state index contributed by atoms with van der Waals surface area (Å²) < 4.78 is 22.7. The zero-order valence-electron chi connectivity index (χ0n) is 21.8. The Morgan fingerprint density at radius 2 is 1.95 bits per heavy atom. The number of aliphatic hydroxyl groups is 1. The minimum Gasteiger partial charge on any atom is -0.497 e. The lowest BCUT2D eigenvalue weighted by Crippen LogP contribution is -2.63. The second kappa shape index (κ2) is 10.5. The first-order valence-corrected chi connectivity index (χ1v) is 14.2. The molecule has 0 saturated carbocycles. The van der Waals surface area contributed by atoms with Gasteiger partial charge in [-0.1, -0.05) is 13.0 Å². The summed E-state index contributed by atoms with van der Waals surface area (Å²) >= 11 is 2.96. The quantitative estimate of drug-likeness (QED) is 0.140. The summed E-state index contributed by atoms with van der Waals surface area (Å²) in [5, 5.41) is 11.1. The predicted octanol–water partition coefficient (Wildman–Crippen LogP) is 3.80. The van der Waals surface area contributed by atoms with Crippen LogP contribution in [0.15, 0.2) is 47.5 Å². The Labute approximate surface area is 232 Å². The average molecular weight is 574 g/mol. The Bertz CT molecular complexity index is 1480. The number of carbonyl (C=O) groups excluding carboxylic acids is 3. The topological polar surface area (TPSA) is 129 Å². The molecule has 1 fully saturated rings. The molecule has 2 aliphatic rings. The van der Waals surface area contributed by atoms with Crippen LogP contribution in [0, 0.1) is 11.8 Å². The largest absolute Gasteiger partial charge is 0.516 e. The van der Waals surface area contributed by atoms with E-state index in [1.54, 1.807) is 31.5 Å². The van der Waals surface area contributed by atoms with Gasteiger partial charge in [-0.25, -0.2) is 14.6 Å². The Morgan fingerprint density at radius 1 is 1.21 bits per heavy atom. The Hall–Kier alpha value is -3.55. The van der Waals surface area contributed by atoms with E-state index >= 15 is 0 Å². The summed E-state index contributed by atoms with van der Waals surface area (Å²) in [6, 6.07) is 5.99. The van der Waals surface area contributed by atoms with E-state index in [0.29, 0.717) is 11.3 Å². The van der Waals surface area contributed by atoms with Crippen molar-refractivity contribution in [3.05, 3.63) is 47.4 Å². The minimum atomic E-state index is -1.31. The number of esters is 1. The smallest absolute Gasteiger partial charge is 0.497 e. The minimum absolute atomic E-state index is 0.0779. The van der Waals surface area contributed by atoms with Gasteiger partial charge in [-0.3, -0.25) is 9.20 Å². The Balaban J connectivity index is 1.39. The molecule has 0 radical (unpaired) electrons. The number of fused-ring (bicyclic) bond motifs is 2. The highest BCUT2D eigenvalue weighted by atomic mass is 32.2. The number of aromatic nitrogens is 2. The van der Waals surface area contributed by atoms with Gasteiger partial charge in [0.15, 0.2) is 0 Å². The fourth-order valence-electron chi connectivity index (χ4n) is 5.08. The number of benzene rings is 1. The zero-order chi connectivity index (χ0) is 28.0. The maximum atomic E-state index is 13.5. The fourth-order valence-corrected chi connectivity index (χ4v) is 7.00. The summed E-state index contributed by atoms with van der Waals surface area (Å²) in [7, 11) is 1.48. The number of amides is 1. The first-order chi connectivity index (χ1) is 18.6. The van der Waals surface area contributed by atoms with E-state index in [2.05, 4.69) is 4.98 Å². The third-order valence-corrected chi connectivity index (χ3v) is 8.74. The van der Waals surface area contributed by atoms with Gasteiger partial charge < -0.3 is 29.0 Å². The molecule has 39 heavy (non-hydrogen) atoms. The monoisotopic (exact) mass is 573 g/mol. The van der Waals surface area contributed by atoms with Crippen molar-refractivity contribution in [3.63, 3.8) is 0 Å². The molecule has 11 nitrogen and oxygen atoms in total. The molecule has 1 aromatic carbocycles. The van der Waals surface area contributed by atoms with Crippen molar-refractivity contribution in [2.45, 2.75) is 44.2 Å². The van der Waals surface area contributed by atoms with Crippen LogP contribution in [0.25, 0.3) is 10.4 Å². The number of aliphatic hydroxyl groups excluding tert-OH is 1. The van der Waals surface area contributed by atoms with Gasteiger partial charge in [0.25, 0.3) is 0 Å². The molecule has 0 bridgehead atoms. The van der Waals surface area contributed by atoms with Crippen molar-refractivity contribution in [2.75, 3.05) is 13.4 Å². The molecule has 1 saturated heterocycles. The van der Waals surface area contributed by atoms with Crippen LogP contribution < -0.4 is 9.47 Å². The predicted molar refractivity (Wildman–Crippen MR) is 142 cm³/mol. The van der Waals surface area contributed by atoms with Gasteiger partial charge in [-0.2, -0.15) is 0 Å². The molecule has 3 aromatic rings. The van der Waals surface area contributed by atoms with E-state index in [0.717, 1.165) is 14.7 Å². The lowest BCUT2D eigenvalue weighted by molar-refractivity contribution is -0.172. The van der Waals surface area contributed by atoms with Crippen molar-refractivity contribution in [3.8, 4) is 11.5 Å². The van der Waals surface area contributed by atoms with Gasteiger partial charge in [0, 0.05) is 30.7 Å². The molecule has 1 amide bonds. The number of thioether (sulfide) groups is 1. The summed E-state index contributed by atoms with van der Waals surface area (Å²) in [5.74, 6) is -1.39. The molecular weight excluding hydrogens is 546 g/mol. The zero-order valence-corrected chi connectivity index (χ0v) is 23.4. The van der Waals surface area contributed by atoms with E-state index in [4.69, 9.17) is 18.9 Å². The molecule has 0 aliphatic carbocycles. The molecule has 13 heteroatoms. The van der Waals surface area contributed by atoms with Crippen LogP contribution in [0.5, 0.6) is 11.5 Å². The van der Waals surface area contributed by atoms with Crippen molar-refractivity contribution in [1.29, 1.82) is 0 Å². The van der Waals surface area contributed by atoms with Crippen LogP contribution in [-0.4, -0.2) is 69.2 Å². The molecule has 2 aliphatic heterocycles. The molecule has 2 aromatic heterocycles. The standard InChI is InChI=1S/C26H27N3O8S2/c1-12-18(17-10-28-11-27-22(38-5)24(28)39-17)21(29-20(12)19(13(2)30)23(29)31)25(32)35-14(3)36-26(33)37-16-8-6-7-15(9-16)34-4/h6-14,19-20,30H,1-5H3/t12-,13+,14?,19+,20+/m0/s1. The van der Waals surface area contributed by atoms with Crippen LogP contribution >= 0.6 is 23.1 Å². The number of carbonyl (C=O) groups is 3. The number of imidazole rings is 1. The number of rotatable bonds is 8. The summed E-state index contributed by atoms with van der Waals surface area (Å²) in [6.45, 7) is 4.87. The Morgan fingerprint density at radius 3 is 2.64 bits per heavy atom. The lowest BCUT2D eigenvalue weighted by atomic mass is 9.77. The van der Waals surface area contributed by atoms with Crippen LogP contribution in [0.3, 0.4) is 0 Å². The third kappa shape index (κ3) is 4.74. The Kier molecular flexibility index (Phi) is 7.31. The maximum absolute atomic E-state index is 13.5. The van der Waals surface area contributed by atoms with Crippen molar-refractivity contribution in [2.24, 2.45) is 11.8 Å². The number of methoxy groups -OCH3 is 1. The number of thiazole rings is 1. The molecule has 5 rings (SSSR count). The van der Waals surface area contributed by atoms with Gasteiger partial charge in [0.2, 0.25) is 12.2 Å². The second-order valence-corrected chi connectivity index (χ2v) is 11.0. The molecule has 1 unspecified atom stereocenters. The highest BCUT2D eigenvalue weighted by Crippen LogP contribution is 2.52. The first-order valence-electron chi connectivity index (χ1n) is 12.1. The average Bonchev–Trinajstić information content (AvgIpc) is 3.53. The van der Waals surface area contributed by atoms with Crippen molar-refractivity contribution >= 4 is 51.5 Å². The van der Waals surface area contributed by atoms with Crippen LogP contribution in [0.4, 0.5) is 4.79 Å². The highest BCUT2D eigenvalue weighted by molar-refractivity contribution is 7.98. The molecule has 206 valence electrons. The van der Waals surface area contributed by atoms with E-state index < -0.39 is 36.5 Å². The molecule has 0 spiro atoms. The van der Waals surface area contributed by atoms with E-state index in [1.165, 1.54) is 48.1 Å². The number of hydrogen-bond donors (Lipinski definition) is 1. The van der Waals surface area contributed by atoms with Crippen LogP contribution in [0.2, 0.25) is 0 Å². The summed E-state index contributed by atoms with van der Waals surface area (Å²) in [6.07, 6.45) is 2.23. The van der Waals surface area contributed by atoms with Gasteiger partial charge >= 0.3 is 12.1 Å². The maximum Gasteiger partial charge on any atom is 0.516 e. The van der Waals surface area contributed by atoms with Gasteiger partial charge in [-0.15, -0.1) is 23.1 Å². The molecular formula is C26H27N3O8S2. The van der Waals surface area contributed by atoms with E-state index in [1.807, 2.05) is 23.8 Å². The number of ether oxygens (including phenoxy) is 4. The number of hydrogen-bond acceptors (Lipinski definition) is 11. The van der Waals surface area contributed by atoms with Gasteiger partial charge in [0.05, 0.1) is 30.1 Å². The van der Waals surface area contributed by atoms with Gasteiger partial charge in [-0.05, 0) is 25.3 Å². The van der Waals surface area contributed by atoms with Crippen LogP contribution in [-0.2, 0) is 19.1 Å². The van der Waals surface area contributed by atoms with E-state index in [9.17, 15) is 19.5 Å². The lowest BCUT2D eigenvalue weighted by Gasteiger charge is -2.46. The van der Waals surface area contributed by atoms with Gasteiger partial charge in [0.1, 0.15) is 33.4 Å².